The number of imidazole rings is 1. The van der Waals surface area contributed by atoms with Gasteiger partial charge in [0.15, 0.2) is 0 Å². The Bertz CT molecular complexity index is 318. The summed E-state index contributed by atoms with van der Waals surface area (Å²) in [6.07, 6.45) is 6.09. The van der Waals surface area contributed by atoms with E-state index in [-0.39, 0.29) is 0 Å². The van der Waals surface area contributed by atoms with Gasteiger partial charge in [0.2, 0.25) is 0 Å². The molecule has 4 heteroatoms. The van der Waals surface area contributed by atoms with Gasteiger partial charge < -0.3 is 14.6 Å². The number of hydrogen-bond donors (Lipinski definition) is 1. The fourth-order valence-electron chi connectivity index (χ4n) is 2.39. The molecule has 16 heavy (non-hydrogen) atoms. The molecular weight excluding hydrogens is 202 g/mol. The molecule has 2 rings (SSSR count). The van der Waals surface area contributed by atoms with E-state index >= 15 is 0 Å². The number of rotatable bonds is 5. The maximum Gasteiger partial charge on any atom is 0.110 e. The van der Waals surface area contributed by atoms with Gasteiger partial charge in [0.1, 0.15) is 5.82 Å². The van der Waals surface area contributed by atoms with Crippen molar-refractivity contribution in [3.63, 3.8) is 0 Å². The summed E-state index contributed by atoms with van der Waals surface area (Å²) in [5.41, 5.74) is 0. The molecule has 0 radical (unpaired) electrons. The molecule has 0 saturated carbocycles. The quantitative estimate of drug-likeness (QED) is 0.811. The molecule has 1 N–H and O–H groups in total. The normalized spacial score (nSPS) is 22.5. The molecule has 1 aromatic rings. The molecule has 1 saturated heterocycles. The SMILES string of the molecule is CCn1ccnc1CC(NC)C1CCOC1. The summed E-state index contributed by atoms with van der Waals surface area (Å²) in [5.74, 6) is 1.81. The van der Waals surface area contributed by atoms with Crippen molar-refractivity contribution in [3.8, 4) is 0 Å². The highest BCUT2D eigenvalue weighted by Gasteiger charge is 2.25. The standard InChI is InChI=1S/C12H21N3O/c1-3-15-6-5-14-12(15)8-11(13-2)10-4-7-16-9-10/h5-6,10-11,13H,3-4,7-9H2,1-2H3. The Labute approximate surface area is 97.0 Å². The zero-order valence-electron chi connectivity index (χ0n) is 10.1. The number of hydrogen-bond acceptors (Lipinski definition) is 3. The van der Waals surface area contributed by atoms with Gasteiger partial charge in [0.25, 0.3) is 0 Å². The van der Waals surface area contributed by atoms with Crippen LogP contribution in [0, 0.1) is 5.92 Å². The molecule has 1 fully saturated rings. The molecule has 2 atom stereocenters. The Balaban J connectivity index is 2.00. The molecule has 1 aliphatic heterocycles. The van der Waals surface area contributed by atoms with Gasteiger partial charge in [-0.05, 0) is 20.4 Å². The molecule has 0 spiro atoms. The number of aromatic nitrogens is 2. The van der Waals surface area contributed by atoms with E-state index in [1.165, 1.54) is 12.2 Å². The van der Waals surface area contributed by atoms with Crippen LogP contribution in [-0.4, -0.2) is 35.9 Å². The third-order valence-electron chi connectivity index (χ3n) is 3.45. The highest BCUT2D eigenvalue weighted by molar-refractivity contribution is 4.97. The lowest BCUT2D eigenvalue weighted by molar-refractivity contribution is 0.177. The van der Waals surface area contributed by atoms with Gasteiger partial charge in [-0.3, -0.25) is 0 Å². The van der Waals surface area contributed by atoms with Crippen molar-refractivity contribution in [1.29, 1.82) is 0 Å². The lowest BCUT2D eigenvalue weighted by Gasteiger charge is -2.21. The second-order valence-electron chi connectivity index (χ2n) is 4.35. The molecule has 2 heterocycles. The number of aryl methyl sites for hydroxylation is 1. The van der Waals surface area contributed by atoms with Crippen molar-refractivity contribution in [2.75, 3.05) is 20.3 Å². The average molecular weight is 223 g/mol. The summed E-state index contributed by atoms with van der Waals surface area (Å²) in [7, 11) is 2.03. The van der Waals surface area contributed by atoms with Gasteiger partial charge in [-0.1, -0.05) is 0 Å². The van der Waals surface area contributed by atoms with Crippen LogP contribution in [0.1, 0.15) is 19.2 Å². The van der Waals surface area contributed by atoms with Crippen molar-refractivity contribution in [1.82, 2.24) is 14.9 Å². The largest absolute Gasteiger partial charge is 0.381 e. The zero-order valence-corrected chi connectivity index (χ0v) is 10.1. The van der Waals surface area contributed by atoms with Crippen molar-refractivity contribution in [2.24, 2.45) is 5.92 Å². The first-order chi connectivity index (χ1) is 7.85. The minimum atomic E-state index is 0.482. The number of ether oxygens (including phenoxy) is 1. The topological polar surface area (TPSA) is 39.1 Å². The Hall–Kier alpha value is -0.870. The molecule has 0 aromatic carbocycles. The van der Waals surface area contributed by atoms with E-state index in [9.17, 15) is 0 Å². The van der Waals surface area contributed by atoms with E-state index in [2.05, 4.69) is 21.8 Å². The number of nitrogens with one attached hydrogen (secondary N) is 1. The van der Waals surface area contributed by atoms with E-state index in [1.807, 2.05) is 19.4 Å². The van der Waals surface area contributed by atoms with Crippen LogP contribution in [0.5, 0.6) is 0 Å². The fraction of sp³-hybridized carbons (Fsp3) is 0.750. The summed E-state index contributed by atoms with van der Waals surface area (Å²) in [5, 5.41) is 3.40. The predicted molar refractivity (Wildman–Crippen MR) is 63.4 cm³/mol. The highest BCUT2D eigenvalue weighted by atomic mass is 16.5. The maximum atomic E-state index is 5.45. The van der Waals surface area contributed by atoms with Gasteiger partial charge >= 0.3 is 0 Å². The highest BCUT2D eigenvalue weighted by Crippen LogP contribution is 2.19. The third-order valence-corrected chi connectivity index (χ3v) is 3.45. The van der Waals surface area contributed by atoms with Crippen LogP contribution in [0.2, 0.25) is 0 Å². The summed E-state index contributed by atoms with van der Waals surface area (Å²) >= 11 is 0. The lowest BCUT2D eigenvalue weighted by Crippen LogP contribution is -2.36. The Morgan fingerprint density at radius 2 is 2.56 bits per heavy atom. The van der Waals surface area contributed by atoms with Crippen LogP contribution in [0.25, 0.3) is 0 Å². The first-order valence-electron chi connectivity index (χ1n) is 6.10. The van der Waals surface area contributed by atoms with E-state index < -0.39 is 0 Å². The third kappa shape index (κ3) is 2.44. The summed E-state index contributed by atoms with van der Waals surface area (Å²) in [6, 6.07) is 0.482. The number of nitrogens with zero attached hydrogens (tertiary/aromatic N) is 2. The van der Waals surface area contributed by atoms with Crippen molar-refractivity contribution >= 4 is 0 Å². The predicted octanol–water partition coefficient (Wildman–Crippen LogP) is 1.07. The van der Waals surface area contributed by atoms with Gasteiger partial charge in [-0.15, -0.1) is 0 Å². The van der Waals surface area contributed by atoms with E-state index in [4.69, 9.17) is 4.74 Å². The molecule has 0 amide bonds. The van der Waals surface area contributed by atoms with E-state index in [0.29, 0.717) is 12.0 Å². The van der Waals surface area contributed by atoms with Crippen molar-refractivity contribution in [2.45, 2.75) is 32.4 Å². The van der Waals surface area contributed by atoms with Crippen molar-refractivity contribution in [3.05, 3.63) is 18.2 Å². The summed E-state index contributed by atoms with van der Waals surface area (Å²) in [6.45, 7) is 4.94. The molecule has 1 aromatic heterocycles. The molecular formula is C12H21N3O. The molecule has 2 unspecified atom stereocenters. The van der Waals surface area contributed by atoms with Crippen LogP contribution in [0.3, 0.4) is 0 Å². The maximum absolute atomic E-state index is 5.45. The monoisotopic (exact) mass is 223 g/mol. The van der Waals surface area contributed by atoms with Gasteiger partial charge in [-0.2, -0.15) is 0 Å². The van der Waals surface area contributed by atoms with Crippen LogP contribution >= 0.6 is 0 Å². The smallest absolute Gasteiger partial charge is 0.110 e. The first-order valence-corrected chi connectivity index (χ1v) is 6.10. The Morgan fingerprint density at radius 1 is 1.69 bits per heavy atom. The van der Waals surface area contributed by atoms with E-state index in [1.54, 1.807) is 0 Å². The molecule has 90 valence electrons. The Kier molecular flexibility index (Phi) is 3.96. The first kappa shape index (κ1) is 11.6. The average Bonchev–Trinajstić information content (AvgIpc) is 2.96. The van der Waals surface area contributed by atoms with Crippen LogP contribution in [0.15, 0.2) is 12.4 Å². The second kappa shape index (κ2) is 5.46. The molecule has 1 aliphatic rings. The van der Waals surface area contributed by atoms with Crippen LogP contribution < -0.4 is 5.32 Å². The summed E-state index contributed by atoms with van der Waals surface area (Å²) in [4.78, 5) is 4.43. The van der Waals surface area contributed by atoms with Gasteiger partial charge in [0, 0.05) is 43.9 Å². The minimum absolute atomic E-state index is 0.482. The second-order valence-corrected chi connectivity index (χ2v) is 4.35. The van der Waals surface area contributed by atoms with E-state index in [0.717, 1.165) is 26.2 Å². The van der Waals surface area contributed by atoms with Crippen molar-refractivity contribution < 1.29 is 4.74 Å². The van der Waals surface area contributed by atoms with Gasteiger partial charge in [0.05, 0.1) is 6.61 Å². The fourth-order valence-corrected chi connectivity index (χ4v) is 2.39. The number of likely N-dealkylation sites (N-methyl/N-ethyl adjacent to an activating group) is 1. The van der Waals surface area contributed by atoms with Crippen LogP contribution in [-0.2, 0) is 17.7 Å². The minimum Gasteiger partial charge on any atom is -0.381 e. The molecule has 4 nitrogen and oxygen atoms in total. The van der Waals surface area contributed by atoms with Gasteiger partial charge in [-0.25, -0.2) is 4.98 Å². The zero-order chi connectivity index (χ0) is 11.4. The lowest BCUT2D eigenvalue weighted by atomic mass is 9.96. The summed E-state index contributed by atoms with van der Waals surface area (Å²) < 4.78 is 7.66. The molecule has 0 aliphatic carbocycles. The molecule has 0 bridgehead atoms. The van der Waals surface area contributed by atoms with Crippen LogP contribution in [0.4, 0.5) is 0 Å². The Morgan fingerprint density at radius 3 is 3.19 bits per heavy atom.